The molecule has 1 aromatic heterocycles. The Balaban J connectivity index is 2.59. The molecule has 0 saturated heterocycles. The van der Waals surface area contributed by atoms with E-state index in [4.69, 9.17) is 11.6 Å². The molecule has 0 radical (unpaired) electrons. The maximum absolute atomic E-state index is 10.5. The maximum atomic E-state index is 10.5. The molecule has 1 aromatic carbocycles. The van der Waals surface area contributed by atoms with E-state index in [1.165, 1.54) is 11.3 Å². The van der Waals surface area contributed by atoms with E-state index in [0.717, 1.165) is 20.5 Å². The third-order valence-electron chi connectivity index (χ3n) is 2.30. The highest BCUT2D eigenvalue weighted by atomic mass is 35.5. The van der Waals surface area contributed by atoms with E-state index in [1.54, 1.807) is 0 Å². The van der Waals surface area contributed by atoms with Crippen molar-refractivity contribution in [3.05, 3.63) is 33.7 Å². The number of aliphatic carboxylic acids is 1. The summed E-state index contributed by atoms with van der Waals surface area (Å²) >= 11 is 7.36. The average molecular weight is 240 g/mol. The number of hydrogen-bond acceptors (Lipinski definition) is 3. The first kappa shape index (κ1) is 10.5. The van der Waals surface area contributed by atoms with Gasteiger partial charge in [-0.05, 0) is 36.1 Å². The van der Waals surface area contributed by atoms with Gasteiger partial charge in [0.15, 0.2) is 0 Å². The molecule has 0 unspecified atom stereocenters. The molecule has 4 heteroatoms. The number of thiophene rings is 1. The van der Waals surface area contributed by atoms with E-state index in [0.29, 0.717) is 5.02 Å². The molecule has 15 heavy (non-hydrogen) atoms. The van der Waals surface area contributed by atoms with E-state index in [9.17, 15) is 9.90 Å². The number of carboxylic acid groups (broad SMARTS) is 1. The van der Waals surface area contributed by atoms with Crippen LogP contribution in [0.15, 0.2) is 18.2 Å². The van der Waals surface area contributed by atoms with Crippen molar-refractivity contribution in [3.8, 4) is 0 Å². The molecular weight excluding hydrogens is 232 g/mol. The van der Waals surface area contributed by atoms with Gasteiger partial charge in [-0.25, -0.2) is 0 Å². The van der Waals surface area contributed by atoms with Crippen molar-refractivity contribution in [2.75, 3.05) is 0 Å². The Kier molecular flexibility index (Phi) is 2.67. The fourth-order valence-electron chi connectivity index (χ4n) is 1.54. The lowest BCUT2D eigenvalue weighted by Gasteiger charge is -1.99. The van der Waals surface area contributed by atoms with Crippen molar-refractivity contribution in [3.63, 3.8) is 0 Å². The van der Waals surface area contributed by atoms with Gasteiger partial charge < -0.3 is 9.90 Å². The molecule has 0 spiro atoms. The van der Waals surface area contributed by atoms with Crippen LogP contribution < -0.4 is 5.11 Å². The molecule has 2 aromatic rings. The molecule has 2 nitrogen and oxygen atoms in total. The Morgan fingerprint density at radius 1 is 1.53 bits per heavy atom. The first-order valence-electron chi connectivity index (χ1n) is 4.45. The van der Waals surface area contributed by atoms with Crippen LogP contribution >= 0.6 is 22.9 Å². The minimum absolute atomic E-state index is 0.0250. The summed E-state index contributed by atoms with van der Waals surface area (Å²) in [6, 6.07) is 5.58. The predicted molar refractivity (Wildman–Crippen MR) is 60.3 cm³/mol. The van der Waals surface area contributed by atoms with Gasteiger partial charge in [-0.15, -0.1) is 11.3 Å². The Morgan fingerprint density at radius 3 is 2.93 bits per heavy atom. The number of aryl methyl sites for hydroxylation is 1. The summed E-state index contributed by atoms with van der Waals surface area (Å²) in [5, 5.41) is 12.2. The second kappa shape index (κ2) is 3.83. The number of carbonyl (C=O) groups is 1. The lowest BCUT2D eigenvalue weighted by atomic mass is 10.1. The zero-order chi connectivity index (χ0) is 11.0. The minimum Gasteiger partial charge on any atom is -0.550 e. The second-order valence-corrected chi connectivity index (χ2v) is 4.91. The molecule has 0 fully saturated rings. The molecule has 0 aliphatic rings. The number of hydrogen-bond donors (Lipinski definition) is 0. The zero-order valence-electron chi connectivity index (χ0n) is 8.04. The van der Waals surface area contributed by atoms with Gasteiger partial charge in [-0.1, -0.05) is 11.6 Å². The van der Waals surface area contributed by atoms with E-state index >= 15 is 0 Å². The quantitative estimate of drug-likeness (QED) is 0.806. The van der Waals surface area contributed by atoms with Gasteiger partial charge in [0, 0.05) is 27.0 Å². The molecule has 1 heterocycles. The van der Waals surface area contributed by atoms with Gasteiger partial charge in [0.25, 0.3) is 0 Å². The van der Waals surface area contributed by atoms with Crippen LogP contribution in [-0.2, 0) is 11.2 Å². The first-order chi connectivity index (χ1) is 7.08. The Morgan fingerprint density at radius 2 is 2.27 bits per heavy atom. The summed E-state index contributed by atoms with van der Waals surface area (Å²) in [6.45, 7) is 1.91. The third kappa shape index (κ3) is 1.98. The van der Waals surface area contributed by atoms with E-state index in [1.807, 2.05) is 25.1 Å². The van der Waals surface area contributed by atoms with E-state index in [-0.39, 0.29) is 6.42 Å². The predicted octanol–water partition coefficient (Wildman–Crippen LogP) is 2.16. The molecule has 0 amide bonds. The summed E-state index contributed by atoms with van der Waals surface area (Å²) in [5.74, 6) is -1.05. The molecule has 0 bridgehead atoms. The van der Waals surface area contributed by atoms with Gasteiger partial charge in [0.2, 0.25) is 0 Å². The van der Waals surface area contributed by atoms with Gasteiger partial charge >= 0.3 is 0 Å². The topological polar surface area (TPSA) is 40.1 Å². The first-order valence-corrected chi connectivity index (χ1v) is 5.65. The van der Waals surface area contributed by atoms with Crippen LogP contribution in [0.4, 0.5) is 0 Å². The summed E-state index contributed by atoms with van der Waals surface area (Å²) in [4.78, 5) is 11.4. The third-order valence-corrected chi connectivity index (χ3v) is 3.81. The zero-order valence-corrected chi connectivity index (χ0v) is 9.61. The number of fused-ring (bicyclic) bond motifs is 1. The van der Waals surface area contributed by atoms with E-state index in [2.05, 4.69) is 0 Å². The SMILES string of the molecule is Cc1c(CC(=O)[O-])sc2ccc(Cl)cc12. The van der Waals surface area contributed by atoms with Gasteiger partial charge in [0.05, 0.1) is 0 Å². The molecule has 0 saturated carbocycles. The Labute approximate surface area is 96.1 Å². The van der Waals surface area contributed by atoms with Crippen molar-refractivity contribution >= 4 is 39.0 Å². The summed E-state index contributed by atoms with van der Waals surface area (Å²) in [6.07, 6.45) is -0.0250. The van der Waals surface area contributed by atoms with Crippen LogP contribution in [0.5, 0.6) is 0 Å². The molecule has 78 valence electrons. The highest BCUT2D eigenvalue weighted by Crippen LogP contribution is 2.32. The molecule has 0 atom stereocenters. The lowest BCUT2D eigenvalue weighted by Crippen LogP contribution is -2.24. The van der Waals surface area contributed by atoms with Crippen LogP contribution in [-0.4, -0.2) is 5.97 Å². The van der Waals surface area contributed by atoms with Crippen molar-refractivity contribution in [2.24, 2.45) is 0 Å². The lowest BCUT2D eigenvalue weighted by molar-refractivity contribution is -0.304. The maximum Gasteiger partial charge on any atom is 0.0466 e. The number of halogens is 1. The van der Waals surface area contributed by atoms with Crippen LogP contribution in [0, 0.1) is 6.92 Å². The number of rotatable bonds is 2. The molecule has 2 rings (SSSR count). The van der Waals surface area contributed by atoms with Crippen molar-refractivity contribution < 1.29 is 9.90 Å². The summed E-state index contributed by atoms with van der Waals surface area (Å²) in [7, 11) is 0. The monoisotopic (exact) mass is 239 g/mol. The Hall–Kier alpha value is -1.06. The molecule has 0 aliphatic carbocycles. The van der Waals surface area contributed by atoms with Crippen molar-refractivity contribution in [1.82, 2.24) is 0 Å². The van der Waals surface area contributed by atoms with Crippen LogP contribution in [0.2, 0.25) is 5.02 Å². The fraction of sp³-hybridized carbons (Fsp3) is 0.182. The van der Waals surface area contributed by atoms with Gasteiger partial charge in [-0.3, -0.25) is 0 Å². The molecule has 0 aliphatic heterocycles. The highest BCUT2D eigenvalue weighted by molar-refractivity contribution is 7.19. The standard InChI is InChI=1S/C11H9ClO2S/c1-6-8-4-7(12)2-3-9(8)15-10(6)5-11(13)14/h2-4H,5H2,1H3,(H,13,14)/p-1. The van der Waals surface area contributed by atoms with Crippen molar-refractivity contribution in [1.29, 1.82) is 0 Å². The van der Waals surface area contributed by atoms with Crippen LogP contribution in [0.1, 0.15) is 10.4 Å². The Bertz CT molecular complexity index is 531. The number of benzene rings is 1. The van der Waals surface area contributed by atoms with E-state index < -0.39 is 5.97 Å². The second-order valence-electron chi connectivity index (χ2n) is 3.34. The summed E-state index contributed by atoms with van der Waals surface area (Å²) < 4.78 is 1.06. The smallest absolute Gasteiger partial charge is 0.0466 e. The fourth-order valence-corrected chi connectivity index (χ4v) is 2.89. The minimum atomic E-state index is -1.05. The number of carbonyl (C=O) groups excluding carboxylic acids is 1. The average Bonchev–Trinajstić information content (AvgIpc) is 2.44. The van der Waals surface area contributed by atoms with Crippen LogP contribution in [0.3, 0.4) is 0 Å². The largest absolute Gasteiger partial charge is 0.550 e. The van der Waals surface area contributed by atoms with Crippen molar-refractivity contribution in [2.45, 2.75) is 13.3 Å². The summed E-state index contributed by atoms with van der Waals surface area (Å²) in [5.41, 5.74) is 0.988. The van der Waals surface area contributed by atoms with Gasteiger partial charge in [-0.2, -0.15) is 0 Å². The highest BCUT2D eigenvalue weighted by Gasteiger charge is 2.08. The normalized spacial score (nSPS) is 10.8. The molecule has 0 N–H and O–H groups in total. The number of carboxylic acids is 1. The van der Waals surface area contributed by atoms with Gasteiger partial charge in [0.1, 0.15) is 0 Å². The van der Waals surface area contributed by atoms with Crippen LogP contribution in [0.25, 0.3) is 10.1 Å². The molecular formula is C11H8ClO2S-.